The van der Waals surface area contributed by atoms with E-state index in [9.17, 15) is 9.59 Å². The van der Waals surface area contributed by atoms with E-state index >= 15 is 0 Å². The molecule has 0 saturated heterocycles. The second kappa shape index (κ2) is 4.21. The molecule has 0 N–H and O–H groups in total. The van der Waals surface area contributed by atoms with Crippen LogP contribution < -0.4 is 0 Å². The van der Waals surface area contributed by atoms with E-state index in [1.54, 1.807) is 19.0 Å². The Kier molecular flexibility index (Phi) is 3.88. The van der Waals surface area contributed by atoms with Crippen molar-refractivity contribution in [1.29, 1.82) is 0 Å². The molecule has 9 heavy (non-hydrogen) atoms. The number of hydrogen-bond acceptors (Lipinski definition) is 3. The Labute approximate surface area is 54.6 Å². The highest BCUT2D eigenvalue weighted by Gasteiger charge is 1.99. The van der Waals surface area contributed by atoms with Crippen molar-refractivity contribution >= 4 is 12.1 Å². The van der Waals surface area contributed by atoms with Gasteiger partial charge < -0.3 is 9.69 Å². The largest absolute Gasteiger partial charge is 0.303 e. The average molecular weight is 129 g/mol. The van der Waals surface area contributed by atoms with Gasteiger partial charge in [0.2, 0.25) is 0 Å². The molecule has 3 nitrogen and oxygen atoms in total. The topological polar surface area (TPSA) is 37.4 Å². The molecular formula is C6H11NO2. The first-order valence-electron chi connectivity index (χ1n) is 2.77. The summed E-state index contributed by atoms with van der Waals surface area (Å²) in [6.07, 6.45) is 0.671. The summed E-state index contributed by atoms with van der Waals surface area (Å²) in [7, 11) is 3.59. The van der Waals surface area contributed by atoms with E-state index in [1.165, 1.54) is 0 Å². The Morgan fingerprint density at radius 1 is 1.56 bits per heavy atom. The first-order chi connectivity index (χ1) is 4.16. The smallest absolute Gasteiger partial charge is 0.153 e. The van der Waals surface area contributed by atoms with Gasteiger partial charge in [-0.1, -0.05) is 0 Å². The van der Waals surface area contributed by atoms with Crippen LogP contribution in [0, 0.1) is 0 Å². The van der Waals surface area contributed by atoms with Crippen LogP contribution in [-0.2, 0) is 9.59 Å². The lowest BCUT2D eigenvalue weighted by molar-refractivity contribution is -0.122. The molecule has 0 bridgehead atoms. The summed E-state index contributed by atoms with van der Waals surface area (Å²) in [4.78, 5) is 22.1. The Balaban J connectivity index is 3.38. The van der Waals surface area contributed by atoms with Crippen LogP contribution in [0.2, 0.25) is 0 Å². The third-order valence-corrected chi connectivity index (χ3v) is 0.804. The molecule has 0 saturated carbocycles. The normalized spacial score (nSPS) is 9.67. The van der Waals surface area contributed by atoms with Crippen molar-refractivity contribution < 1.29 is 9.59 Å². The van der Waals surface area contributed by atoms with E-state index in [0.29, 0.717) is 12.8 Å². The van der Waals surface area contributed by atoms with Crippen LogP contribution in [0.4, 0.5) is 0 Å². The highest BCUT2D eigenvalue weighted by atomic mass is 16.1. The zero-order chi connectivity index (χ0) is 7.28. The molecule has 0 aromatic carbocycles. The molecule has 0 fully saturated rings. The molecule has 0 amide bonds. The molecule has 0 aliphatic heterocycles. The van der Waals surface area contributed by atoms with Gasteiger partial charge in [-0.3, -0.25) is 4.79 Å². The molecule has 0 rings (SSSR count). The van der Waals surface area contributed by atoms with Crippen molar-refractivity contribution in [3.05, 3.63) is 0 Å². The fourth-order valence-corrected chi connectivity index (χ4v) is 0.510. The molecule has 3 heteroatoms. The summed E-state index contributed by atoms with van der Waals surface area (Å²) < 4.78 is 0. The van der Waals surface area contributed by atoms with E-state index in [1.807, 2.05) is 0 Å². The SMILES string of the molecule is CN(C)CC(=O)CC=O. The van der Waals surface area contributed by atoms with Gasteiger partial charge in [-0.15, -0.1) is 0 Å². The van der Waals surface area contributed by atoms with Gasteiger partial charge in [-0.05, 0) is 14.1 Å². The second-order valence-electron chi connectivity index (χ2n) is 2.15. The first kappa shape index (κ1) is 8.30. The lowest BCUT2D eigenvalue weighted by Crippen LogP contribution is -2.21. The van der Waals surface area contributed by atoms with E-state index in [4.69, 9.17) is 0 Å². The molecule has 0 aromatic heterocycles. The van der Waals surface area contributed by atoms with Crippen LogP contribution in [-0.4, -0.2) is 37.6 Å². The van der Waals surface area contributed by atoms with E-state index in [-0.39, 0.29) is 12.2 Å². The molecular weight excluding hydrogens is 118 g/mol. The molecule has 52 valence electrons. The zero-order valence-electron chi connectivity index (χ0n) is 5.76. The first-order valence-corrected chi connectivity index (χ1v) is 2.77. The van der Waals surface area contributed by atoms with Gasteiger partial charge in [0.15, 0.2) is 5.78 Å². The van der Waals surface area contributed by atoms with Crippen molar-refractivity contribution in [2.24, 2.45) is 0 Å². The van der Waals surface area contributed by atoms with Gasteiger partial charge >= 0.3 is 0 Å². The highest BCUT2D eigenvalue weighted by Crippen LogP contribution is 1.80. The number of rotatable bonds is 4. The fraction of sp³-hybridized carbons (Fsp3) is 0.667. The summed E-state index contributed by atoms with van der Waals surface area (Å²) in [6, 6.07) is 0. The third kappa shape index (κ3) is 5.17. The zero-order valence-corrected chi connectivity index (χ0v) is 5.76. The molecule has 0 atom stereocenters. The average Bonchev–Trinajstić information content (AvgIpc) is 1.63. The van der Waals surface area contributed by atoms with Crippen molar-refractivity contribution in [2.45, 2.75) is 6.42 Å². The maximum absolute atomic E-state index is 10.6. The summed E-state index contributed by atoms with van der Waals surface area (Å²) in [5.41, 5.74) is 0. The Hall–Kier alpha value is -0.700. The number of carbonyl (C=O) groups excluding carboxylic acids is 2. The molecule has 0 aliphatic carbocycles. The van der Waals surface area contributed by atoms with Gasteiger partial charge in [-0.25, -0.2) is 0 Å². The minimum atomic E-state index is -0.0324. The third-order valence-electron chi connectivity index (χ3n) is 0.804. The van der Waals surface area contributed by atoms with Gasteiger partial charge in [0, 0.05) is 0 Å². The van der Waals surface area contributed by atoms with E-state index in [2.05, 4.69) is 0 Å². The van der Waals surface area contributed by atoms with E-state index in [0.717, 1.165) is 0 Å². The van der Waals surface area contributed by atoms with Crippen LogP contribution >= 0.6 is 0 Å². The minimum Gasteiger partial charge on any atom is -0.303 e. The highest BCUT2D eigenvalue weighted by molar-refractivity contribution is 5.90. The number of ketones is 1. The number of aldehydes is 1. The number of likely N-dealkylation sites (N-methyl/N-ethyl adjacent to an activating group) is 1. The molecule has 0 heterocycles. The number of hydrogen-bond donors (Lipinski definition) is 0. The van der Waals surface area contributed by atoms with Gasteiger partial charge in [0.25, 0.3) is 0 Å². The minimum absolute atomic E-state index is 0.0324. The van der Waals surface area contributed by atoms with Crippen molar-refractivity contribution in [1.82, 2.24) is 4.90 Å². The van der Waals surface area contributed by atoms with Crippen LogP contribution in [0.15, 0.2) is 0 Å². The number of nitrogens with zero attached hydrogens (tertiary/aromatic N) is 1. The van der Waals surface area contributed by atoms with Crippen molar-refractivity contribution in [2.75, 3.05) is 20.6 Å². The maximum atomic E-state index is 10.6. The summed E-state index contributed by atoms with van der Waals surface area (Å²) in [5.74, 6) is -0.0324. The molecule has 0 aromatic rings. The predicted molar refractivity (Wildman–Crippen MR) is 34.2 cm³/mol. The molecule has 0 radical (unpaired) electrons. The molecule has 0 aliphatic rings. The lowest BCUT2D eigenvalue weighted by Gasteiger charge is -2.04. The number of carbonyl (C=O) groups is 2. The Bertz CT molecular complexity index is 110. The molecule has 0 unspecified atom stereocenters. The lowest BCUT2D eigenvalue weighted by atomic mass is 10.3. The summed E-state index contributed by atoms with van der Waals surface area (Å²) in [6.45, 7) is 0.360. The summed E-state index contributed by atoms with van der Waals surface area (Å²) in [5, 5.41) is 0. The quantitative estimate of drug-likeness (QED) is 0.386. The van der Waals surface area contributed by atoms with Gasteiger partial charge in [0.05, 0.1) is 13.0 Å². The van der Waals surface area contributed by atoms with Crippen molar-refractivity contribution in [3.63, 3.8) is 0 Å². The molecule has 0 spiro atoms. The van der Waals surface area contributed by atoms with E-state index < -0.39 is 0 Å². The van der Waals surface area contributed by atoms with Crippen LogP contribution in [0.25, 0.3) is 0 Å². The standard InChI is InChI=1S/C6H11NO2/c1-7(2)5-6(9)3-4-8/h4H,3,5H2,1-2H3. The van der Waals surface area contributed by atoms with Crippen molar-refractivity contribution in [3.8, 4) is 0 Å². The Morgan fingerprint density at radius 3 is 2.44 bits per heavy atom. The monoisotopic (exact) mass is 129 g/mol. The second-order valence-corrected chi connectivity index (χ2v) is 2.15. The maximum Gasteiger partial charge on any atom is 0.153 e. The Morgan fingerprint density at radius 2 is 2.11 bits per heavy atom. The van der Waals surface area contributed by atoms with Crippen LogP contribution in [0.1, 0.15) is 6.42 Å². The van der Waals surface area contributed by atoms with Crippen LogP contribution in [0.5, 0.6) is 0 Å². The van der Waals surface area contributed by atoms with Crippen LogP contribution in [0.3, 0.4) is 0 Å². The summed E-state index contributed by atoms with van der Waals surface area (Å²) >= 11 is 0. The predicted octanol–water partition coefficient (Wildman–Crippen LogP) is -0.294. The van der Waals surface area contributed by atoms with Gasteiger partial charge in [-0.2, -0.15) is 0 Å². The fourth-order valence-electron chi connectivity index (χ4n) is 0.510. The van der Waals surface area contributed by atoms with Gasteiger partial charge in [0.1, 0.15) is 6.29 Å². The number of Topliss-reactive ketones (excluding diaryl/α,β-unsaturated/α-hetero) is 1.